The Morgan fingerprint density at radius 1 is 1.27 bits per heavy atom. The van der Waals surface area contributed by atoms with Crippen LogP contribution in [-0.4, -0.2) is 12.5 Å². The van der Waals surface area contributed by atoms with Gasteiger partial charge in [0.2, 0.25) is 5.91 Å². The Morgan fingerprint density at radius 2 is 1.93 bits per heavy atom. The fourth-order valence-electron chi connectivity index (χ4n) is 1.76. The Morgan fingerprint density at radius 3 is 2.53 bits per heavy atom. The largest absolute Gasteiger partial charge is 0.356 e. The van der Waals surface area contributed by atoms with Gasteiger partial charge in [-0.15, -0.1) is 0 Å². The van der Waals surface area contributed by atoms with Gasteiger partial charge in [-0.3, -0.25) is 4.79 Å². The first kappa shape index (κ1) is 11.8. The van der Waals surface area contributed by atoms with Gasteiger partial charge in [-0.2, -0.15) is 0 Å². The van der Waals surface area contributed by atoms with Gasteiger partial charge in [0.25, 0.3) is 0 Å². The first-order chi connectivity index (χ1) is 7.00. The number of rotatable bonds is 3. The molecule has 0 spiro atoms. The van der Waals surface area contributed by atoms with Crippen molar-refractivity contribution in [2.24, 2.45) is 0 Å². The van der Waals surface area contributed by atoms with E-state index < -0.39 is 0 Å². The second-order valence-electron chi connectivity index (χ2n) is 4.10. The predicted molar refractivity (Wildman–Crippen MR) is 63.0 cm³/mol. The zero-order valence-electron chi connectivity index (χ0n) is 9.98. The molecule has 1 amide bonds. The third-order valence-corrected chi connectivity index (χ3v) is 2.69. The summed E-state index contributed by atoms with van der Waals surface area (Å²) in [4.78, 5) is 10.7. The van der Waals surface area contributed by atoms with E-state index in [0.29, 0.717) is 0 Å². The van der Waals surface area contributed by atoms with Crippen molar-refractivity contribution in [2.45, 2.75) is 34.1 Å². The molecule has 0 aliphatic carbocycles. The first-order valence-electron chi connectivity index (χ1n) is 5.32. The van der Waals surface area contributed by atoms with Crippen LogP contribution in [0.5, 0.6) is 0 Å². The Kier molecular flexibility index (Phi) is 3.89. The molecule has 82 valence electrons. The highest BCUT2D eigenvalue weighted by atomic mass is 16.1. The van der Waals surface area contributed by atoms with Crippen LogP contribution in [0.15, 0.2) is 12.1 Å². The second kappa shape index (κ2) is 4.96. The quantitative estimate of drug-likeness (QED) is 0.806. The van der Waals surface area contributed by atoms with Crippen LogP contribution in [0.4, 0.5) is 0 Å². The van der Waals surface area contributed by atoms with Crippen molar-refractivity contribution in [1.29, 1.82) is 0 Å². The summed E-state index contributed by atoms with van der Waals surface area (Å²) in [5.74, 6) is 0.0389. The molecule has 1 rings (SSSR count). The van der Waals surface area contributed by atoms with Crippen molar-refractivity contribution in [3.05, 3.63) is 34.4 Å². The molecule has 2 heteroatoms. The van der Waals surface area contributed by atoms with E-state index in [1.165, 1.54) is 22.3 Å². The van der Waals surface area contributed by atoms with Crippen molar-refractivity contribution in [3.8, 4) is 0 Å². The fraction of sp³-hybridized carbons (Fsp3) is 0.462. The average Bonchev–Trinajstić information content (AvgIpc) is 2.12. The van der Waals surface area contributed by atoms with Crippen LogP contribution in [0, 0.1) is 20.8 Å². The van der Waals surface area contributed by atoms with Crippen LogP contribution in [0.1, 0.15) is 29.2 Å². The summed E-state index contributed by atoms with van der Waals surface area (Å²) in [6.07, 6.45) is 0.911. The molecule has 0 saturated heterocycles. The van der Waals surface area contributed by atoms with Gasteiger partial charge in [0.15, 0.2) is 0 Å². The number of benzene rings is 1. The minimum absolute atomic E-state index is 0.0389. The molecule has 1 aromatic carbocycles. The van der Waals surface area contributed by atoms with E-state index in [-0.39, 0.29) is 5.91 Å². The standard InChI is InChI=1S/C13H19NO/c1-9-7-10(2)11(3)13(8-9)5-6-14-12(4)15/h7-8H,5-6H2,1-4H3,(H,14,15). The average molecular weight is 205 g/mol. The van der Waals surface area contributed by atoms with E-state index in [4.69, 9.17) is 0 Å². The Hall–Kier alpha value is -1.31. The van der Waals surface area contributed by atoms with Crippen LogP contribution in [0.25, 0.3) is 0 Å². The van der Waals surface area contributed by atoms with Gasteiger partial charge < -0.3 is 5.32 Å². The van der Waals surface area contributed by atoms with Crippen LogP contribution >= 0.6 is 0 Å². The van der Waals surface area contributed by atoms with Crippen molar-refractivity contribution >= 4 is 5.91 Å². The predicted octanol–water partition coefficient (Wildman–Crippen LogP) is 2.29. The lowest BCUT2D eigenvalue weighted by Gasteiger charge is -2.10. The maximum absolute atomic E-state index is 10.7. The summed E-state index contributed by atoms with van der Waals surface area (Å²) in [7, 11) is 0. The lowest BCUT2D eigenvalue weighted by Crippen LogP contribution is -2.22. The third-order valence-electron chi connectivity index (χ3n) is 2.69. The number of hydrogen-bond acceptors (Lipinski definition) is 1. The van der Waals surface area contributed by atoms with E-state index in [1.807, 2.05) is 0 Å². The van der Waals surface area contributed by atoms with Gasteiger partial charge in [0.05, 0.1) is 0 Å². The number of hydrogen-bond donors (Lipinski definition) is 1. The molecule has 2 nitrogen and oxygen atoms in total. The number of amides is 1. The Balaban J connectivity index is 2.72. The molecule has 0 saturated carbocycles. The monoisotopic (exact) mass is 205 g/mol. The SMILES string of the molecule is CC(=O)NCCc1cc(C)cc(C)c1C. The maximum atomic E-state index is 10.7. The molecule has 1 N–H and O–H groups in total. The molecule has 0 bridgehead atoms. The van der Waals surface area contributed by atoms with E-state index >= 15 is 0 Å². The number of aryl methyl sites for hydroxylation is 2. The lowest BCUT2D eigenvalue weighted by atomic mass is 9.98. The van der Waals surface area contributed by atoms with E-state index in [2.05, 4.69) is 38.2 Å². The van der Waals surface area contributed by atoms with Gasteiger partial charge >= 0.3 is 0 Å². The summed E-state index contributed by atoms with van der Waals surface area (Å²) >= 11 is 0. The molecule has 1 aromatic rings. The van der Waals surface area contributed by atoms with Crippen LogP contribution < -0.4 is 5.32 Å². The van der Waals surface area contributed by atoms with Crippen LogP contribution in [0.3, 0.4) is 0 Å². The molecule has 0 radical (unpaired) electrons. The Labute approximate surface area is 91.7 Å². The third kappa shape index (κ3) is 3.39. The van der Waals surface area contributed by atoms with Crippen molar-refractivity contribution in [1.82, 2.24) is 5.32 Å². The first-order valence-corrected chi connectivity index (χ1v) is 5.32. The topological polar surface area (TPSA) is 29.1 Å². The van der Waals surface area contributed by atoms with Gasteiger partial charge in [0, 0.05) is 13.5 Å². The highest BCUT2D eigenvalue weighted by molar-refractivity contribution is 5.72. The lowest BCUT2D eigenvalue weighted by molar-refractivity contribution is -0.118. The second-order valence-corrected chi connectivity index (χ2v) is 4.10. The molecule has 0 aliphatic rings. The summed E-state index contributed by atoms with van der Waals surface area (Å²) in [5.41, 5.74) is 5.29. The van der Waals surface area contributed by atoms with Gasteiger partial charge in [0.1, 0.15) is 0 Å². The van der Waals surface area contributed by atoms with Crippen molar-refractivity contribution in [3.63, 3.8) is 0 Å². The van der Waals surface area contributed by atoms with Crippen LogP contribution in [-0.2, 0) is 11.2 Å². The molecule has 0 unspecified atom stereocenters. The minimum Gasteiger partial charge on any atom is -0.356 e. The smallest absolute Gasteiger partial charge is 0.216 e. The summed E-state index contributed by atoms with van der Waals surface area (Å²) in [5, 5.41) is 2.82. The highest BCUT2D eigenvalue weighted by Gasteiger charge is 2.02. The Bertz CT molecular complexity index is 369. The van der Waals surface area contributed by atoms with Crippen LogP contribution in [0.2, 0.25) is 0 Å². The fourth-order valence-corrected chi connectivity index (χ4v) is 1.76. The molecule has 0 aliphatic heterocycles. The molecule has 0 atom stereocenters. The van der Waals surface area contributed by atoms with E-state index in [0.717, 1.165) is 13.0 Å². The van der Waals surface area contributed by atoms with Crippen molar-refractivity contribution < 1.29 is 4.79 Å². The van der Waals surface area contributed by atoms with E-state index in [9.17, 15) is 4.79 Å². The normalized spacial score (nSPS) is 10.1. The molecule has 0 aromatic heterocycles. The summed E-state index contributed by atoms with van der Waals surface area (Å²) < 4.78 is 0. The van der Waals surface area contributed by atoms with Gasteiger partial charge in [-0.1, -0.05) is 17.7 Å². The van der Waals surface area contributed by atoms with E-state index in [1.54, 1.807) is 6.92 Å². The number of carbonyl (C=O) groups excluding carboxylic acids is 1. The number of carbonyl (C=O) groups is 1. The van der Waals surface area contributed by atoms with Gasteiger partial charge in [-0.25, -0.2) is 0 Å². The zero-order valence-corrected chi connectivity index (χ0v) is 9.98. The molecular formula is C13H19NO. The maximum Gasteiger partial charge on any atom is 0.216 e. The molecule has 0 fully saturated rings. The summed E-state index contributed by atoms with van der Waals surface area (Å²) in [6, 6.07) is 4.39. The highest BCUT2D eigenvalue weighted by Crippen LogP contribution is 2.16. The van der Waals surface area contributed by atoms with Gasteiger partial charge in [-0.05, 0) is 43.9 Å². The molecular weight excluding hydrogens is 186 g/mol. The minimum atomic E-state index is 0.0389. The van der Waals surface area contributed by atoms with Crippen molar-refractivity contribution in [2.75, 3.05) is 6.54 Å². The molecule has 15 heavy (non-hydrogen) atoms. The molecule has 0 heterocycles. The zero-order chi connectivity index (χ0) is 11.4. The number of nitrogens with one attached hydrogen (secondary N) is 1. The summed E-state index contributed by atoms with van der Waals surface area (Å²) in [6.45, 7) is 8.64.